The maximum atomic E-state index is 12.3. The molecule has 0 radical (unpaired) electrons. The summed E-state index contributed by atoms with van der Waals surface area (Å²) < 4.78 is 0. The first kappa shape index (κ1) is 18.0. The standard InChI is InChI=1S/C20H32N2O/c1-2-19(18-12-6-3-7-13-18)20(23)21-14-8-4-9-15-22-16-10-5-11-17-22/h3,6-7,12-13,19H,2,4-5,8-11,14-17H2,1H3,(H,21,23). The Morgan fingerprint density at radius 2 is 1.83 bits per heavy atom. The van der Waals surface area contributed by atoms with Gasteiger partial charge in [0.15, 0.2) is 0 Å². The summed E-state index contributed by atoms with van der Waals surface area (Å²) in [5.74, 6) is 0.166. The Hall–Kier alpha value is -1.35. The Balaban J connectivity index is 1.58. The lowest BCUT2D eigenvalue weighted by Gasteiger charge is -2.26. The van der Waals surface area contributed by atoms with Crippen LogP contribution in [0.1, 0.15) is 63.4 Å². The fourth-order valence-electron chi connectivity index (χ4n) is 3.41. The van der Waals surface area contributed by atoms with E-state index in [2.05, 4.69) is 17.1 Å². The van der Waals surface area contributed by atoms with Gasteiger partial charge < -0.3 is 10.2 Å². The molecule has 2 rings (SSSR count). The van der Waals surface area contributed by atoms with E-state index in [1.54, 1.807) is 0 Å². The topological polar surface area (TPSA) is 32.3 Å². The first-order valence-corrected chi connectivity index (χ1v) is 9.36. The van der Waals surface area contributed by atoms with Gasteiger partial charge in [0.25, 0.3) is 0 Å². The highest BCUT2D eigenvalue weighted by Gasteiger charge is 2.17. The number of nitrogens with one attached hydrogen (secondary N) is 1. The van der Waals surface area contributed by atoms with Crippen LogP contribution in [0.2, 0.25) is 0 Å². The molecule has 1 aromatic carbocycles. The van der Waals surface area contributed by atoms with Crippen molar-refractivity contribution in [1.82, 2.24) is 10.2 Å². The third-order valence-electron chi connectivity index (χ3n) is 4.83. The zero-order chi connectivity index (χ0) is 16.3. The normalized spacial score (nSPS) is 16.9. The van der Waals surface area contributed by atoms with Crippen LogP contribution in [0.4, 0.5) is 0 Å². The number of amides is 1. The highest BCUT2D eigenvalue weighted by Crippen LogP contribution is 2.19. The summed E-state index contributed by atoms with van der Waals surface area (Å²) in [6.45, 7) is 6.69. The predicted molar refractivity (Wildman–Crippen MR) is 96.6 cm³/mol. The molecular formula is C20H32N2O. The molecule has 1 aliphatic rings. The quantitative estimate of drug-likeness (QED) is 0.700. The molecule has 1 aromatic rings. The van der Waals surface area contributed by atoms with Gasteiger partial charge in [0.2, 0.25) is 5.91 Å². The van der Waals surface area contributed by atoms with Gasteiger partial charge in [0.1, 0.15) is 0 Å². The summed E-state index contributed by atoms with van der Waals surface area (Å²) in [5.41, 5.74) is 1.12. The van der Waals surface area contributed by atoms with Crippen molar-refractivity contribution in [3.8, 4) is 0 Å². The summed E-state index contributed by atoms with van der Waals surface area (Å²) in [5, 5.41) is 3.12. The van der Waals surface area contributed by atoms with Crippen LogP contribution in [0, 0.1) is 0 Å². The van der Waals surface area contributed by atoms with Crippen molar-refractivity contribution < 1.29 is 4.79 Å². The van der Waals surface area contributed by atoms with Crippen LogP contribution >= 0.6 is 0 Å². The van der Waals surface area contributed by atoms with Crippen LogP contribution in [0.5, 0.6) is 0 Å². The smallest absolute Gasteiger partial charge is 0.227 e. The van der Waals surface area contributed by atoms with E-state index in [4.69, 9.17) is 0 Å². The molecule has 3 nitrogen and oxygen atoms in total. The summed E-state index contributed by atoms with van der Waals surface area (Å²) in [6.07, 6.45) is 8.55. The van der Waals surface area contributed by atoms with Crippen molar-refractivity contribution in [3.63, 3.8) is 0 Å². The van der Waals surface area contributed by atoms with E-state index >= 15 is 0 Å². The molecule has 23 heavy (non-hydrogen) atoms. The molecule has 128 valence electrons. The fourth-order valence-corrected chi connectivity index (χ4v) is 3.41. The van der Waals surface area contributed by atoms with Gasteiger partial charge in [-0.3, -0.25) is 4.79 Å². The summed E-state index contributed by atoms with van der Waals surface area (Å²) >= 11 is 0. The van der Waals surface area contributed by atoms with E-state index in [9.17, 15) is 4.79 Å². The maximum Gasteiger partial charge on any atom is 0.227 e. The van der Waals surface area contributed by atoms with E-state index < -0.39 is 0 Å². The lowest BCUT2D eigenvalue weighted by Crippen LogP contribution is -2.31. The highest BCUT2D eigenvalue weighted by molar-refractivity contribution is 5.83. The van der Waals surface area contributed by atoms with Gasteiger partial charge >= 0.3 is 0 Å². The number of nitrogens with zero attached hydrogens (tertiary/aromatic N) is 1. The minimum absolute atomic E-state index is 0.00968. The third kappa shape index (κ3) is 6.34. The molecule has 0 spiro atoms. The average Bonchev–Trinajstić information content (AvgIpc) is 2.60. The highest BCUT2D eigenvalue weighted by atomic mass is 16.1. The van der Waals surface area contributed by atoms with Crippen LogP contribution in [0.25, 0.3) is 0 Å². The van der Waals surface area contributed by atoms with Gasteiger partial charge in [0, 0.05) is 6.54 Å². The van der Waals surface area contributed by atoms with Crippen molar-refractivity contribution in [1.29, 1.82) is 0 Å². The van der Waals surface area contributed by atoms with E-state index in [-0.39, 0.29) is 11.8 Å². The molecular weight excluding hydrogens is 284 g/mol. The molecule has 1 saturated heterocycles. The molecule has 1 unspecified atom stereocenters. The number of carbonyl (C=O) groups is 1. The molecule has 0 aliphatic carbocycles. The third-order valence-corrected chi connectivity index (χ3v) is 4.83. The van der Waals surface area contributed by atoms with Gasteiger partial charge in [-0.25, -0.2) is 0 Å². The first-order valence-electron chi connectivity index (χ1n) is 9.36. The number of hydrogen-bond acceptors (Lipinski definition) is 2. The molecule has 1 atom stereocenters. The molecule has 0 saturated carbocycles. The average molecular weight is 316 g/mol. The Labute approximate surface area is 141 Å². The molecule has 0 aromatic heterocycles. The SMILES string of the molecule is CCC(C(=O)NCCCCCN1CCCCC1)c1ccccc1. The lowest BCUT2D eigenvalue weighted by atomic mass is 9.95. The second-order valence-electron chi connectivity index (χ2n) is 6.63. The molecule has 1 heterocycles. The Kier molecular flexibility index (Phi) is 8.16. The number of benzene rings is 1. The monoisotopic (exact) mass is 316 g/mol. The zero-order valence-electron chi connectivity index (χ0n) is 14.6. The van der Waals surface area contributed by atoms with Crippen molar-refractivity contribution in [3.05, 3.63) is 35.9 Å². The van der Waals surface area contributed by atoms with E-state index in [1.807, 2.05) is 30.3 Å². The number of carbonyl (C=O) groups excluding carboxylic acids is 1. The second kappa shape index (κ2) is 10.4. The van der Waals surface area contributed by atoms with Gasteiger partial charge in [0.05, 0.1) is 5.92 Å². The van der Waals surface area contributed by atoms with E-state index in [0.717, 1.165) is 24.9 Å². The first-order chi connectivity index (χ1) is 11.3. The molecule has 1 aliphatic heterocycles. The van der Waals surface area contributed by atoms with Crippen molar-refractivity contribution >= 4 is 5.91 Å². The molecule has 1 N–H and O–H groups in total. The predicted octanol–water partition coefficient (Wildman–Crippen LogP) is 3.95. The molecule has 1 fully saturated rings. The van der Waals surface area contributed by atoms with Gasteiger partial charge in [-0.2, -0.15) is 0 Å². The number of likely N-dealkylation sites (tertiary alicyclic amines) is 1. The van der Waals surface area contributed by atoms with Crippen LogP contribution in [-0.4, -0.2) is 37.0 Å². The largest absolute Gasteiger partial charge is 0.356 e. The van der Waals surface area contributed by atoms with Gasteiger partial charge in [-0.05, 0) is 57.3 Å². The van der Waals surface area contributed by atoms with Gasteiger partial charge in [-0.1, -0.05) is 50.1 Å². The number of hydrogen-bond donors (Lipinski definition) is 1. The maximum absolute atomic E-state index is 12.3. The molecule has 3 heteroatoms. The number of piperidine rings is 1. The Bertz CT molecular complexity index is 440. The lowest BCUT2D eigenvalue weighted by molar-refractivity contribution is -0.122. The van der Waals surface area contributed by atoms with Crippen LogP contribution in [-0.2, 0) is 4.79 Å². The zero-order valence-corrected chi connectivity index (χ0v) is 14.6. The van der Waals surface area contributed by atoms with Crippen molar-refractivity contribution in [2.24, 2.45) is 0 Å². The minimum atomic E-state index is -0.00968. The summed E-state index contributed by atoms with van der Waals surface area (Å²) in [6, 6.07) is 10.1. The molecule has 0 bridgehead atoms. The van der Waals surface area contributed by atoms with Crippen LogP contribution < -0.4 is 5.32 Å². The van der Waals surface area contributed by atoms with E-state index in [0.29, 0.717) is 0 Å². The summed E-state index contributed by atoms with van der Waals surface area (Å²) in [4.78, 5) is 14.9. The van der Waals surface area contributed by atoms with Crippen LogP contribution in [0.15, 0.2) is 30.3 Å². The van der Waals surface area contributed by atoms with E-state index in [1.165, 1.54) is 51.7 Å². The van der Waals surface area contributed by atoms with Gasteiger partial charge in [-0.15, -0.1) is 0 Å². The summed E-state index contributed by atoms with van der Waals surface area (Å²) in [7, 11) is 0. The van der Waals surface area contributed by atoms with Crippen molar-refractivity contribution in [2.45, 2.75) is 57.8 Å². The fraction of sp³-hybridized carbons (Fsp3) is 0.650. The Morgan fingerprint density at radius 1 is 1.09 bits per heavy atom. The second-order valence-corrected chi connectivity index (χ2v) is 6.63. The number of unbranched alkanes of at least 4 members (excludes halogenated alkanes) is 2. The number of rotatable bonds is 9. The molecule has 1 amide bonds. The minimum Gasteiger partial charge on any atom is -0.356 e. The Morgan fingerprint density at radius 3 is 2.52 bits per heavy atom. The van der Waals surface area contributed by atoms with Crippen LogP contribution in [0.3, 0.4) is 0 Å². The van der Waals surface area contributed by atoms with Crippen molar-refractivity contribution in [2.75, 3.05) is 26.2 Å².